The van der Waals surface area contributed by atoms with Crippen molar-refractivity contribution in [1.29, 1.82) is 0 Å². The quantitative estimate of drug-likeness (QED) is 0.0479. The number of hydrogen-bond acceptors (Lipinski definition) is 9. The van der Waals surface area contributed by atoms with E-state index in [-0.39, 0.29) is 31.1 Å². The van der Waals surface area contributed by atoms with Gasteiger partial charge in [-0.25, -0.2) is 9.78 Å². The van der Waals surface area contributed by atoms with Crippen LogP contribution in [0.5, 0.6) is 0 Å². The van der Waals surface area contributed by atoms with Crippen LogP contribution in [0.2, 0.25) is 0 Å². The number of aliphatic hydroxyl groups is 1. The van der Waals surface area contributed by atoms with E-state index in [1.165, 1.54) is 12.5 Å². The number of carbonyl (C=O) groups excluding carboxylic acids is 3. The fourth-order valence-electron chi connectivity index (χ4n) is 2.70. The predicted molar refractivity (Wildman–Crippen MR) is 125 cm³/mol. The smallest absolute Gasteiger partial charge is 0.328 e. The van der Waals surface area contributed by atoms with Crippen molar-refractivity contribution in [3.8, 4) is 0 Å². The second kappa shape index (κ2) is 14.7. The first-order chi connectivity index (χ1) is 16.1. The van der Waals surface area contributed by atoms with Crippen LogP contribution >= 0.6 is 12.6 Å². The van der Waals surface area contributed by atoms with Gasteiger partial charge in [0.1, 0.15) is 18.1 Å². The van der Waals surface area contributed by atoms with Crippen molar-refractivity contribution in [3.05, 3.63) is 18.2 Å². The van der Waals surface area contributed by atoms with Gasteiger partial charge in [-0.05, 0) is 12.8 Å². The average Bonchev–Trinajstić information content (AvgIpc) is 3.29. The molecule has 16 heteroatoms. The summed E-state index contributed by atoms with van der Waals surface area (Å²) in [5.41, 5.74) is 17.1. The molecule has 190 valence electrons. The number of H-pyrrole nitrogens is 1. The molecule has 0 saturated carbocycles. The molecule has 12 N–H and O–H groups in total. The number of aliphatic carboxylic acids is 1. The van der Waals surface area contributed by atoms with Crippen molar-refractivity contribution in [2.75, 3.05) is 18.9 Å². The van der Waals surface area contributed by atoms with Gasteiger partial charge in [0.15, 0.2) is 5.96 Å². The number of guanidine groups is 1. The van der Waals surface area contributed by atoms with Crippen LogP contribution in [-0.4, -0.2) is 92.9 Å². The predicted octanol–water partition coefficient (Wildman–Crippen LogP) is -4.21. The van der Waals surface area contributed by atoms with E-state index >= 15 is 0 Å². The Balaban J connectivity index is 2.86. The molecule has 0 aliphatic rings. The Morgan fingerprint density at radius 1 is 1.09 bits per heavy atom. The topological polar surface area (TPSA) is 264 Å². The van der Waals surface area contributed by atoms with Crippen molar-refractivity contribution < 1.29 is 29.4 Å². The zero-order valence-electron chi connectivity index (χ0n) is 18.3. The summed E-state index contributed by atoms with van der Waals surface area (Å²) in [6, 6.07) is -4.88. The van der Waals surface area contributed by atoms with Crippen LogP contribution in [0.1, 0.15) is 18.5 Å². The molecule has 15 nitrogen and oxygen atoms in total. The van der Waals surface area contributed by atoms with Crippen LogP contribution in [0.4, 0.5) is 0 Å². The van der Waals surface area contributed by atoms with Crippen LogP contribution in [0.15, 0.2) is 17.5 Å². The number of aromatic nitrogens is 2. The number of nitrogens with two attached hydrogens (primary N) is 3. The first kappa shape index (κ1) is 28.7. The van der Waals surface area contributed by atoms with Gasteiger partial charge in [0.2, 0.25) is 17.7 Å². The Morgan fingerprint density at radius 3 is 2.24 bits per heavy atom. The Morgan fingerprint density at radius 2 is 1.71 bits per heavy atom. The number of carboxylic acid groups (broad SMARTS) is 1. The van der Waals surface area contributed by atoms with Crippen molar-refractivity contribution in [2.45, 2.75) is 43.4 Å². The van der Waals surface area contributed by atoms with E-state index in [0.717, 1.165) is 0 Å². The minimum atomic E-state index is -1.55. The molecule has 0 spiro atoms. The highest BCUT2D eigenvalue weighted by atomic mass is 32.1. The summed E-state index contributed by atoms with van der Waals surface area (Å²) in [7, 11) is 0. The summed E-state index contributed by atoms with van der Waals surface area (Å²) < 4.78 is 0. The second-order valence-corrected chi connectivity index (χ2v) is 7.59. The summed E-state index contributed by atoms with van der Waals surface area (Å²) in [6.45, 7) is -0.651. The molecular weight excluding hydrogens is 470 g/mol. The van der Waals surface area contributed by atoms with Crippen LogP contribution in [0, 0.1) is 0 Å². The number of carboxylic acids is 1. The number of imidazole rings is 1. The highest BCUT2D eigenvalue weighted by molar-refractivity contribution is 7.80. The SMILES string of the molecule is NC(N)=NCCCC(NC(=O)C(N)Cc1cnc[nH]1)C(=O)NC(CS)C(=O)NC(CO)C(=O)O. The number of carbonyl (C=O) groups is 4. The molecule has 0 bridgehead atoms. The van der Waals surface area contributed by atoms with E-state index in [0.29, 0.717) is 12.1 Å². The molecule has 1 aromatic rings. The van der Waals surface area contributed by atoms with Gasteiger partial charge >= 0.3 is 5.97 Å². The number of aromatic amines is 1. The zero-order chi connectivity index (χ0) is 25.7. The number of nitrogens with zero attached hydrogens (tertiary/aromatic N) is 2. The molecule has 0 radical (unpaired) electrons. The minimum absolute atomic E-state index is 0.112. The minimum Gasteiger partial charge on any atom is -0.480 e. The highest BCUT2D eigenvalue weighted by Gasteiger charge is 2.29. The number of amides is 3. The summed E-state index contributed by atoms with van der Waals surface area (Å²) in [5, 5.41) is 25.1. The lowest BCUT2D eigenvalue weighted by Gasteiger charge is -2.24. The van der Waals surface area contributed by atoms with Crippen LogP contribution in [0.25, 0.3) is 0 Å². The van der Waals surface area contributed by atoms with Crippen LogP contribution < -0.4 is 33.2 Å². The van der Waals surface area contributed by atoms with Crippen molar-refractivity contribution in [2.24, 2.45) is 22.2 Å². The third kappa shape index (κ3) is 10.1. The molecule has 0 fully saturated rings. The maximum absolute atomic E-state index is 12.9. The molecule has 4 unspecified atom stereocenters. The molecule has 0 saturated heterocycles. The lowest BCUT2D eigenvalue weighted by atomic mass is 10.1. The molecule has 34 heavy (non-hydrogen) atoms. The molecular formula is C18H31N9O6S. The first-order valence-electron chi connectivity index (χ1n) is 10.2. The molecule has 1 heterocycles. The number of nitrogens with one attached hydrogen (secondary N) is 4. The second-order valence-electron chi connectivity index (χ2n) is 7.22. The van der Waals surface area contributed by atoms with E-state index in [2.05, 4.69) is 43.5 Å². The standard InChI is InChI=1S/C18H31N9O6S/c19-10(4-9-5-22-8-24-9)14(29)25-11(2-1-3-23-18(20)21)15(30)27-13(7-34)16(31)26-12(6-28)17(32)33/h5,8,10-13,28,34H,1-4,6-7,19H2,(H,22,24)(H,25,29)(H,26,31)(H,27,30)(H,32,33)(H4,20,21,23). The highest BCUT2D eigenvalue weighted by Crippen LogP contribution is 2.03. The Kier molecular flexibility index (Phi) is 12.4. The van der Waals surface area contributed by atoms with Gasteiger partial charge in [0.25, 0.3) is 0 Å². The lowest BCUT2D eigenvalue weighted by Crippen LogP contribution is -2.58. The number of thiol groups is 1. The largest absolute Gasteiger partial charge is 0.480 e. The van der Waals surface area contributed by atoms with Gasteiger partial charge in [0.05, 0.1) is 19.0 Å². The van der Waals surface area contributed by atoms with Gasteiger partial charge < -0.3 is 48.3 Å². The summed E-state index contributed by atoms with van der Waals surface area (Å²) >= 11 is 4.01. The van der Waals surface area contributed by atoms with Gasteiger partial charge in [0, 0.05) is 30.6 Å². The maximum atomic E-state index is 12.9. The number of hydrogen-bond donors (Lipinski definition) is 10. The average molecular weight is 502 g/mol. The molecule has 0 aromatic carbocycles. The van der Waals surface area contributed by atoms with E-state index in [4.69, 9.17) is 27.4 Å². The van der Waals surface area contributed by atoms with Crippen molar-refractivity contribution in [1.82, 2.24) is 25.9 Å². The molecule has 3 amide bonds. The molecule has 4 atom stereocenters. The maximum Gasteiger partial charge on any atom is 0.328 e. The first-order valence-corrected chi connectivity index (χ1v) is 10.9. The Hall–Kier alpha value is -3.37. The Bertz CT molecular complexity index is 847. The van der Waals surface area contributed by atoms with Crippen LogP contribution in [0.3, 0.4) is 0 Å². The summed E-state index contributed by atoms with van der Waals surface area (Å²) in [5.74, 6) is -3.96. The Labute approximate surface area is 200 Å². The zero-order valence-corrected chi connectivity index (χ0v) is 19.2. The fourth-order valence-corrected chi connectivity index (χ4v) is 2.96. The summed E-state index contributed by atoms with van der Waals surface area (Å²) in [4.78, 5) is 59.3. The van der Waals surface area contributed by atoms with Crippen molar-refractivity contribution >= 4 is 42.3 Å². The lowest BCUT2D eigenvalue weighted by molar-refractivity contribution is -0.143. The monoisotopic (exact) mass is 501 g/mol. The van der Waals surface area contributed by atoms with E-state index in [1.54, 1.807) is 0 Å². The van der Waals surface area contributed by atoms with Gasteiger partial charge in [-0.3, -0.25) is 19.4 Å². The van der Waals surface area contributed by atoms with Gasteiger partial charge in [-0.1, -0.05) is 0 Å². The van der Waals surface area contributed by atoms with Crippen molar-refractivity contribution in [3.63, 3.8) is 0 Å². The number of rotatable bonds is 15. The van der Waals surface area contributed by atoms with Gasteiger partial charge in [-0.15, -0.1) is 0 Å². The molecule has 0 aliphatic carbocycles. The third-order valence-corrected chi connectivity index (χ3v) is 4.89. The number of aliphatic hydroxyl groups excluding tert-OH is 1. The van der Waals surface area contributed by atoms with E-state index in [9.17, 15) is 19.2 Å². The fraction of sp³-hybridized carbons (Fsp3) is 0.556. The normalized spacial score (nSPS) is 14.2. The molecule has 1 rings (SSSR count). The summed E-state index contributed by atoms with van der Waals surface area (Å²) in [6.07, 6.45) is 3.52. The molecule has 1 aromatic heterocycles. The molecule has 0 aliphatic heterocycles. The number of aliphatic imine (C=N–C) groups is 1. The van der Waals surface area contributed by atoms with Crippen LogP contribution in [-0.2, 0) is 25.6 Å². The van der Waals surface area contributed by atoms with E-state index in [1.807, 2.05) is 0 Å². The van der Waals surface area contributed by atoms with Gasteiger partial charge in [-0.2, -0.15) is 12.6 Å². The third-order valence-electron chi connectivity index (χ3n) is 4.52. The van der Waals surface area contributed by atoms with E-state index < -0.39 is 54.5 Å².